The van der Waals surface area contributed by atoms with Gasteiger partial charge in [0.1, 0.15) is 0 Å². The first-order valence-electron chi connectivity index (χ1n) is 9.30. The molecule has 0 bridgehead atoms. The molecule has 3 rings (SSSR count). The maximum absolute atomic E-state index is 13.1. The van der Waals surface area contributed by atoms with Crippen LogP contribution >= 0.6 is 0 Å². The number of aromatic nitrogens is 1. The van der Waals surface area contributed by atoms with E-state index in [2.05, 4.69) is 18.8 Å². The molecule has 140 valence electrons. The normalized spacial score (nSPS) is 13.9. The summed E-state index contributed by atoms with van der Waals surface area (Å²) in [5.41, 5.74) is 2.89. The van der Waals surface area contributed by atoms with Crippen LogP contribution in [0.15, 0.2) is 83.9 Å². The fraction of sp³-hybridized carbons (Fsp3) is 0.261. The van der Waals surface area contributed by atoms with Crippen molar-refractivity contribution in [1.29, 1.82) is 0 Å². The van der Waals surface area contributed by atoms with E-state index < -0.39 is 9.84 Å². The average Bonchev–Trinajstić information content (AvgIpc) is 2.73. The molecule has 2 unspecified atom stereocenters. The Morgan fingerprint density at radius 1 is 0.852 bits per heavy atom. The van der Waals surface area contributed by atoms with Gasteiger partial charge in [0.15, 0.2) is 9.84 Å². The van der Waals surface area contributed by atoms with Crippen LogP contribution in [-0.4, -0.2) is 19.2 Å². The number of sulfone groups is 1. The highest BCUT2D eigenvalue weighted by atomic mass is 32.2. The van der Waals surface area contributed by atoms with Gasteiger partial charge in [-0.1, -0.05) is 62.4 Å². The fourth-order valence-corrected chi connectivity index (χ4v) is 4.72. The van der Waals surface area contributed by atoms with Crippen LogP contribution < -0.4 is 0 Å². The molecule has 0 saturated carbocycles. The number of hydrogen-bond donors (Lipinski definition) is 0. The minimum Gasteiger partial charge on any atom is -0.261 e. The molecule has 0 aliphatic carbocycles. The van der Waals surface area contributed by atoms with Crippen LogP contribution in [0.3, 0.4) is 0 Å². The van der Waals surface area contributed by atoms with Crippen molar-refractivity contribution in [2.45, 2.75) is 37.0 Å². The van der Waals surface area contributed by atoms with Crippen molar-refractivity contribution >= 4 is 9.84 Å². The summed E-state index contributed by atoms with van der Waals surface area (Å²) in [6.07, 6.45) is 2.74. The van der Waals surface area contributed by atoms with Crippen molar-refractivity contribution in [3.05, 3.63) is 95.8 Å². The third-order valence-electron chi connectivity index (χ3n) is 5.05. The Morgan fingerprint density at radius 2 is 1.52 bits per heavy atom. The van der Waals surface area contributed by atoms with E-state index in [-0.39, 0.29) is 11.7 Å². The van der Waals surface area contributed by atoms with E-state index in [0.717, 1.165) is 17.7 Å². The molecule has 0 aliphatic rings. The van der Waals surface area contributed by atoms with Gasteiger partial charge in [-0.2, -0.15) is 0 Å². The Morgan fingerprint density at radius 3 is 2.11 bits per heavy atom. The summed E-state index contributed by atoms with van der Waals surface area (Å²) in [4.78, 5) is 4.78. The molecule has 27 heavy (non-hydrogen) atoms. The fourth-order valence-electron chi connectivity index (χ4n) is 3.17. The third kappa shape index (κ3) is 4.64. The highest BCUT2D eigenvalue weighted by Crippen LogP contribution is 2.28. The molecule has 2 aromatic carbocycles. The maximum atomic E-state index is 13.1. The SMILES string of the molecule is CCC(C)c1ccc(S(=O)(=O)CC(c2ccccc2)c2ccccn2)cc1. The summed E-state index contributed by atoms with van der Waals surface area (Å²) in [6, 6.07) is 22.7. The van der Waals surface area contributed by atoms with Crippen molar-refractivity contribution < 1.29 is 8.42 Å². The van der Waals surface area contributed by atoms with Crippen molar-refractivity contribution in [3.8, 4) is 0 Å². The summed E-state index contributed by atoms with van der Waals surface area (Å²) in [7, 11) is -3.44. The van der Waals surface area contributed by atoms with E-state index in [9.17, 15) is 8.42 Å². The Labute approximate surface area is 162 Å². The number of benzene rings is 2. The van der Waals surface area contributed by atoms with E-state index in [0.29, 0.717) is 10.8 Å². The van der Waals surface area contributed by atoms with Gasteiger partial charge in [0.25, 0.3) is 0 Å². The van der Waals surface area contributed by atoms with Crippen LogP contribution in [0.1, 0.15) is 48.9 Å². The molecule has 0 fully saturated rings. The zero-order chi connectivity index (χ0) is 19.3. The van der Waals surface area contributed by atoms with Crippen molar-refractivity contribution in [1.82, 2.24) is 4.98 Å². The van der Waals surface area contributed by atoms with Crippen LogP contribution in [0.5, 0.6) is 0 Å². The molecular formula is C23H25NO2S. The molecule has 0 N–H and O–H groups in total. The molecule has 2 atom stereocenters. The van der Waals surface area contributed by atoms with Gasteiger partial charge in [-0.25, -0.2) is 8.42 Å². The summed E-state index contributed by atoms with van der Waals surface area (Å²) in [5.74, 6) is 0.121. The first-order valence-corrected chi connectivity index (χ1v) is 10.9. The summed E-state index contributed by atoms with van der Waals surface area (Å²) in [6.45, 7) is 4.28. The topological polar surface area (TPSA) is 47.0 Å². The molecule has 0 aliphatic heterocycles. The van der Waals surface area contributed by atoms with Crippen molar-refractivity contribution in [3.63, 3.8) is 0 Å². The molecular weight excluding hydrogens is 354 g/mol. The molecule has 1 heterocycles. The second kappa shape index (κ2) is 8.49. The predicted octanol–water partition coefficient (Wildman–Crippen LogP) is 5.20. The lowest BCUT2D eigenvalue weighted by atomic mass is 9.97. The Balaban J connectivity index is 1.93. The van der Waals surface area contributed by atoms with Gasteiger partial charge >= 0.3 is 0 Å². The van der Waals surface area contributed by atoms with Crippen molar-refractivity contribution in [2.75, 3.05) is 5.75 Å². The van der Waals surface area contributed by atoms with Gasteiger partial charge in [0.05, 0.1) is 10.6 Å². The summed E-state index contributed by atoms with van der Waals surface area (Å²) >= 11 is 0. The minimum atomic E-state index is -3.44. The van der Waals surface area contributed by atoms with Gasteiger partial charge < -0.3 is 0 Å². The second-order valence-electron chi connectivity index (χ2n) is 6.88. The van der Waals surface area contributed by atoms with Crippen LogP contribution in [-0.2, 0) is 9.84 Å². The van der Waals surface area contributed by atoms with E-state index in [1.807, 2.05) is 60.7 Å². The van der Waals surface area contributed by atoms with E-state index >= 15 is 0 Å². The van der Waals surface area contributed by atoms with Crippen molar-refractivity contribution in [2.24, 2.45) is 0 Å². The predicted molar refractivity (Wildman–Crippen MR) is 110 cm³/mol. The number of hydrogen-bond acceptors (Lipinski definition) is 3. The molecule has 0 spiro atoms. The lowest BCUT2D eigenvalue weighted by Gasteiger charge is -2.18. The average molecular weight is 380 g/mol. The van der Waals surface area contributed by atoms with E-state index in [1.165, 1.54) is 5.56 Å². The van der Waals surface area contributed by atoms with Gasteiger partial charge in [-0.3, -0.25) is 4.98 Å². The van der Waals surface area contributed by atoms with Gasteiger partial charge in [-0.15, -0.1) is 0 Å². The minimum absolute atomic E-state index is 0.00327. The van der Waals surface area contributed by atoms with Gasteiger partial charge in [-0.05, 0) is 47.7 Å². The molecule has 4 heteroatoms. The van der Waals surface area contributed by atoms with Crippen LogP contribution in [0, 0.1) is 0 Å². The number of rotatable bonds is 7. The van der Waals surface area contributed by atoms with E-state index in [4.69, 9.17) is 0 Å². The first-order chi connectivity index (χ1) is 13.0. The van der Waals surface area contributed by atoms with Gasteiger partial charge in [0, 0.05) is 17.8 Å². The highest BCUT2D eigenvalue weighted by molar-refractivity contribution is 7.91. The molecule has 1 aromatic heterocycles. The number of nitrogens with zero attached hydrogens (tertiary/aromatic N) is 1. The molecule has 0 radical (unpaired) electrons. The first kappa shape index (κ1) is 19.3. The standard InChI is InChI=1S/C23H25NO2S/c1-3-18(2)19-12-14-21(15-13-19)27(25,26)17-22(20-9-5-4-6-10-20)23-11-7-8-16-24-23/h4-16,18,22H,3,17H2,1-2H3. The van der Waals surface area contributed by atoms with Gasteiger partial charge in [0.2, 0.25) is 0 Å². The quantitative estimate of drug-likeness (QED) is 0.567. The summed E-state index contributed by atoms with van der Waals surface area (Å²) < 4.78 is 26.2. The Bertz CT molecular complexity index is 913. The van der Waals surface area contributed by atoms with E-state index in [1.54, 1.807) is 18.3 Å². The van der Waals surface area contributed by atoms with Crippen LogP contribution in [0.25, 0.3) is 0 Å². The molecule has 0 saturated heterocycles. The largest absolute Gasteiger partial charge is 0.261 e. The molecule has 0 amide bonds. The zero-order valence-corrected chi connectivity index (χ0v) is 16.6. The number of pyridine rings is 1. The Hall–Kier alpha value is -2.46. The molecule has 3 aromatic rings. The second-order valence-corrected chi connectivity index (χ2v) is 8.91. The monoisotopic (exact) mass is 379 g/mol. The highest BCUT2D eigenvalue weighted by Gasteiger charge is 2.25. The third-order valence-corrected chi connectivity index (χ3v) is 6.82. The maximum Gasteiger partial charge on any atom is 0.179 e. The summed E-state index contributed by atoms with van der Waals surface area (Å²) in [5, 5.41) is 0. The van der Waals surface area contributed by atoms with Crippen LogP contribution in [0.2, 0.25) is 0 Å². The zero-order valence-electron chi connectivity index (χ0n) is 15.7. The van der Waals surface area contributed by atoms with Crippen LogP contribution in [0.4, 0.5) is 0 Å². The smallest absolute Gasteiger partial charge is 0.179 e. The molecule has 3 nitrogen and oxygen atoms in total. The lowest BCUT2D eigenvalue weighted by molar-refractivity contribution is 0.591. The lowest BCUT2D eigenvalue weighted by Crippen LogP contribution is -2.17. The Kier molecular flexibility index (Phi) is 6.07.